The molecule has 5 nitrogen and oxygen atoms in total. The highest BCUT2D eigenvalue weighted by Gasteiger charge is 2.41. The maximum absolute atomic E-state index is 11.5. The van der Waals surface area contributed by atoms with Crippen LogP contribution in [0.1, 0.15) is 19.8 Å². The monoisotopic (exact) mass is 227 g/mol. The fourth-order valence-electron chi connectivity index (χ4n) is 2.77. The molecule has 0 aromatic rings. The fraction of sp³-hybridized carbons (Fsp3) is 0.818. The molecule has 0 unspecified atom stereocenters. The number of nitrogens with zero attached hydrogens (tertiary/aromatic N) is 1. The Balaban J connectivity index is 2.15. The van der Waals surface area contributed by atoms with Crippen LogP contribution in [0.5, 0.6) is 0 Å². The molecule has 16 heavy (non-hydrogen) atoms. The van der Waals surface area contributed by atoms with Crippen LogP contribution in [0.4, 0.5) is 0 Å². The summed E-state index contributed by atoms with van der Waals surface area (Å²) < 4.78 is 5.36. The number of carboxylic acids is 1. The van der Waals surface area contributed by atoms with Crippen molar-refractivity contribution in [3.05, 3.63) is 0 Å². The first-order chi connectivity index (χ1) is 7.59. The first-order valence-corrected chi connectivity index (χ1v) is 5.67. The van der Waals surface area contributed by atoms with E-state index < -0.39 is 11.9 Å². The maximum Gasteiger partial charge on any atom is 0.308 e. The van der Waals surface area contributed by atoms with Gasteiger partial charge in [0.25, 0.3) is 0 Å². The SMILES string of the molecule is CC(=O)N1C[C@H](C(=O)O)C[C@@H]2COCC[C@H]21. The van der Waals surface area contributed by atoms with E-state index in [1.54, 1.807) is 4.90 Å². The van der Waals surface area contributed by atoms with Crippen molar-refractivity contribution in [3.8, 4) is 0 Å². The van der Waals surface area contributed by atoms with E-state index in [1.807, 2.05) is 0 Å². The number of carboxylic acid groups (broad SMARTS) is 1. The number of hydrogen-bond donors (Lipinski definition) is 1. The molecule has 90 valence electrons. The Morgan fingerprint density at radius 1 is 1.44 bits per heavy atom. The summed E-state index contributed by atoms with van der Waals surface area (Å²) in [4.78, 5) is 24.2. The number of carbonyl (C=O) groups excluding carboxylic acids is 1. The molecular formula is C11H17NO4. The minimum atomic E-state index is -0.810. The van der Waals surface area contributed by atoms with Crippen LogP contribution < -0.4 is 0 Å². The van der Waals surface area contributed by atoms with Gasteiger partial charge in [-0.2, -0.15) is 0 Å². The molecule has 0 aliphatic carbocycles. The third kappa shape index (κ3) is 2.04. The number of likely N-dealkylation sites (tertiary alicyclic amines) is 1. The third-order valence-corrected chi connectivity index (χ3v) is 3.59. The smallest absolute Gasteiger partial charge is 0.308 e. The van der Waals surface area contributed by atoms with Gasteiger partial charge in [-0.3, -0.25) is 9.59 Å². The Bertz CT molecular complexity index is 304. The van der Waals surface area contributed by atoms with E-state index >= 15 is 0 Å². The quantitative estimate of drug-likeness (QED) is 0.701. The maximum atomic E-state index is 11.5. The highest BCUT2D eigenvalue weighted by atomic mass is 16.5. The Labute approximate surface area is 94.4 Å². The summed E-state index contributed by atoms with van der Waals surface area (Å²) in [6.07, 6.45) is 1.46. The minimum Gasteiger partial charge on any atom is -0.481 e. The van der Waals surface area contributed by atoms with Gasteiger partial charge in [0.1, 0.15) is 0 Å². The fourth-order valence-corrected chi connectivity index (χ4v) is 2.77. The van der Waals surface area contributed by atoms with Crippen LogP contribution in [0.3, 0.4) is 0 Å². The largest absolute Gasteiger partial charge is 0.481 e. The number of carbonyl (C=O) groups is 2. The zero-order chi connectivity index (χ0) is 11.7. The molecule has 0 radical (unpaired) electrons. The van der Waals surface area contributed by atoms with Gasteiger partial charge in [0.05, 0.1) is 12.5 Å². The molecule has 0 saturated carbocycles. The lowest BCUT2D eigenvalue weighted by Gasteiger charge is -2.45. The first-order valence-electron chi connectivity index (χ1n) is 5.67. The lowest BCUT2D eigenvalue weighted by atomic mass is 9.81. The van der Waals surface area contributed by atoms with Crippen LogP contribution in [0, 0.1) is 11.8 Å². The highest BCUT2D eigenvalue weighted by Crippen LogP contribution is 2.32. The second kappa shape index (κ2) is 4.41. The van der Waals surface area contributed by atoms with Crippen molar-refractivity contribution in [3.63, 3.8) is 0 Å². The molecule has 3 atom stereocenters. The van der Waals surface area contributed by atoms with Crippen LogP contribution in [-0.2, 0) is 14.3 Å². The van der Waals surface area contributed by atoms with Crippen LogP contribution in [-0.4, -0.2) is 47.7 Å². The summed E-state index contributed by atoms with van der Waals surface area (Å²) in [6.45, 7) is 3.11. The van der Waals surface area contributed by atoms with Crippen molar-refractivity contribution in [1.29, 1.82) is 0 Å². The molecule has 1 amide bonds. The van der Waals surface area contributed by atoms with Gasteiger partial charge in [-0.25, -0.2) is 0 Å². The average molecular weight is 227 g/mol. The molecule has 1 N–H and O–H groups in total. The van der Waals surface area contributed by atoms with Crippen molar-refractivity contribution in [2.75, 3.05) is 19.8 Å². The molecule has 2 aliphatic heterocycles. The lowest BCUT2D eigenvalue weighted by molar-refractivity contribution is -0.153. The van der Waals surface area contributed by atoms with Gasteiger partial charge in [0.2, 0.25) is 5.91 Å². The molecule has 0 aromatic heterocycles. The number of rotatable bonds is 1. The van der Waals surface area contributed by atoms with E-state index in [1.165, 1.54) is 6.92 Å². The van der Waals surface area contributed by atoms with Gasteiger partial charge >= 0.3 is 5.97 Å². The van der Waals surface area contributed by atoms with Crippen LogP contribution in [0.2, 0.25) is 0 Å². The number of hydrogen-bond acceptors (Lipinski definition) is 3. The molecule has 2 heterocycles. The summed E-state index contributed by atoms with van der Waals surface area (Å²) in [5.41, 5.74) is 0. The van der Waals surface area contributed by atoms with E-state index in [2.05, 4.69) is 0 Å². The summed E-state index contributed by atoms with van der Waals surface area (Å²) >= 11 is 0. The van der Waals surface area contributed by atoms with E-state index in [4.69, 9.17) is 9.84 Å². The van der Waals surface area contributed by atoms with Crippen molar-refractivity contribution in [2.45, 2.75) is 25.8 Å². The normalized spacial score (nSPS) is 34.3. The van der Waals surface area contributed by atoms with Crippen molar-refractivity contribution < 1.29 is 19.4 Å². The number of fused-ring (bicyclic) bond motifs is 1. The van der Waals surface area contributed by atoms with Crippen molar-refractivity contribution in [1.82, 2.24) is 4.90 Å². The molecule has 2 aliphatic rings. The van der Waals surface area contributed by atoms with E-state index in [0.29, 0.717) is 26.2 Å². The average Bonchev–Trinajstić information content (AvgIpc) is 2.27. The molecule has 0 aromatic carbocycles. The van der Waals surface area contributed by atoms with Gasteiger partial charge in [0, 0.05) is 32.0 Å². The highest BCUT2D eigenvalue weighted by molar-refractivity contribution is 5.76. The number of amides is 1. The van der Waals surface area contributed by atoms with Crippen molar-refractivity contribution >= 4 is 11.9 Å². The van der Waals surface area contributed by atoms with Crippen LogP contribution >= 0.6 is 0 Å². The Kier molecular flexibility index (Phi) is 3.14. The molecular weight excluding hydrogens is 210 g/mol. The molecule has 2 saturated heterocycles. The summed E-state index contributed by atoms with van der Waals surface area (Å²) in [5, 5.41) is 9.05. The standard InChI is InChI=1S/C11H17NO4/c1-7(13)12-5-8(11(14)15)4-9-6-16-3-2-10(9)12/h8-10H,2-6H2,1H3,(H,14,15)/t8-,9-,10-/m1/s1. The topological polar surface area (TPSA) is 66.8 Å². The third-order valence-electron chi connectivity index (χ3n) is 3.59. The second-order valence-corrected chi connectivity index (χ2v) is 4.63. The molecule has 2 fully saturated rings. The number of piperidine rings is 1. The predicted molar refractivity (Wildman–Crippen MR) is 55.8 cm³/mol. The van der Waals surface area contributed by atoms with E-state index in [-0.39, 0.29) is 17.9 Å². The van der Waals surface area contributed by atoms with Gasteiger partial charge in [-0.05, 0) is 12.8 Å². The minimum absolute atomic E-state index is 0.0251. The van der Waals surface area contributed by atoms with Crippen LogP contribution in [0.25, 0.3) is 0 Å². The Morgan fingerprint density at radius 2 is 2.19 bits per heavy atom. The van der Waals surface area contributed by atoms with E-state index in [9.17, 15) is 9.59 Å². The summed E-state index contributed by atoms with van der Waals surface area (Å²) in [5.74, 6) is -1.09. The zero-order valence-corrected chi connectivity index (χ0v) is 9.39. The molecule has 2 rings (SSSR count). The Hall–Kier alpha value is -1.10. The molecule has 0 spiro atoms. The van der Waals surface area contributed by atoms with Gasteiger partial charge in [-0.1, -0.05) is 0 Å². The molecule has 5 heteroatoms. The van der Waals surface area contributed by atoms with Crippen molar-refractivity contribution in [2.24, 2.45) is 11.8 Å². The van der Waals surface area contributed by atoms with Gasteiger partial charge in [-0.15, -0.1) is 0 Å². The number of ether oxygens (including phenoxy) is 1. The lowest BCUT2D eigenvalue weighted by Crippen LogP contribution is -2.55. The van der Waals surface area contributed by atoms with Crippen LogP contribution in [0.15, 0.2) is 0 Å². The number of aliphatic carboxylic acids is 1. The zero-order valence-electron chi connectivity index (χ0n) is 9.39. The summed E-state index contributed by atoms with van der Waals surface area (Å²) in [6, 6.07) is 0.182. The van der Waals surface area contributed by atoms with Gasteiger partial charge < -0.3 is 14.7 Å². The summed E-state index contributed by atoms with van der Waals surface area (Å²) in [7, 11) is 0. The Morgan fingerprint density at radius 3 is 2.81 bits per heavy atom. The van der Waals surface area contributed by atoms with Gasteiger partial charge in [0.15, 0.2) is 0 Å². The molecule has 0 bridgehead atoms. The predicted octanol–water partition coefficient (Wildman–Crippen LogP) is 0.344. The first kappa shape index (κ1) is 11.4. The second-order valence-electron chi connectivity index (χ2n) is 4.63. The van der Waals surface area contributed by atoms with E-state index in [0.717, 1.165) is 6.42 Å².